The first-order chi connectivity index (χ1) is 11.6. The lowest BCUT2D eigenvalue weighted by Gasteiger charge is -2.44. The molecule has 5 unspecified atom stereocenters. The van der Waals surface area contributed by atoms with Gasteiger partial charge in [-0.1, -0.05) is 0 Å². The smallest absolute Gasteiger partial charge is 0.338 e. The van der Waals surface area contributed by atoms with Crippen LogP contribution in [0, 0.1) is 39.2 Å². The molecule has 1 aromatic rings. The summed E-state index contributed by atoms with van der Waals surface area (Å²) in [4.78, 5) is 22.8. The van der Waals surface area contributed by atoms with Crippen molar-refractivity contribution >= 4 is 11.7 Å². The topological polar surface area (TPSA) is 69.4 Å². The van der Waals surface area contributed by atoms with E-state index < -0.39 is 4.92 Å². The molecule has 0 heterocycles. The number of esters is 1. The van der Waals surface area contributed by atoms with Crippen LogP contribution in [0.4, 0.5) is 5.69 Å². The molecule has 0 amide bonds. The fourth-order valence-electron chi connectivity index (χ4n) is 6.69. The zero-order chi connectivity index (χ0) is 16.5. The van der Waals surface area contributed by atoms with E-state index in [-0.39, 0.29) is 23.2 Å². The summed E-state index contributed by atoms with van der Waals surface area (Å²) in [7, 11) is 0. The molecule has 126 valence electrons. The Balaban J connectivity index is 1.36. The molecule has 0 radical (unpaired) electrons. The largest absolute Gasteiger partial charge is 0.458 e. The number of benzene rings is 1. The highest BCUT2D eigenvalue weighted by atomic mass is 16.6. The summed E-state index contributed by atoms with van der Waals surface area (Å²) in [5.41, 5.74) is 0.669. The van der Waals surface area contributed by atoms with Crippen LogP contribution in [0.3, 0.4) is 0 Å². The molecule has 4 aliphatic rings. The molecule has 1 aromatic carbocycles. The Kier molecular flexibility index (Phi) is 2.89. The molecule has 5 rings (SSSR count). The molecule has 1 spiro atoms. The van der Waals surface area contributed by atoms with Gasteiger partial charge in [-0.25, -0.2) is 4.79 Å². The van der Waals surface area contributed by atoms with Gasteiger partial charge in [-0.05, 0) is 74.3 Å². The molecule has 6 atom stereocenters. The van der Waals surface area contributed by atoms with Crippen LogP contribution in [0.1, 0.15) is 48.9 Å². The van der Waals surface area contributed by atoms with Crippen molar-refractivity contribution in [2.45, 2.75) is 44.6 Å². The van der Waals surface area contributed by atoms with Crippen molar-refractivity contribution in [3.63, 3.8) is 0 Å². The highest BCUT2D eigenvalue weighted by Crippen LogP contribution is 2.73. The quantitative estimate of drug-likeness (QED) is 0.478. The lowest BCUT2D eigenvalue weighted by Crippen LogP contribution is -2.44. The maximum absolute atomic E-state index is 12.6. The number of carbonyl (C=O) groups excluding carboxylic acids is 1. The molecule has 0 aliphatic heterocycles. The Morgan fingerprint density at radius 2 is 1.96 bits per heavy atom. The molecule has 4 saturated carbocycles. The maximum atomic E-state index is 12.6. The predicted octanol–water partition coefficient (Wildman–Crippen LogP) is 3.97. The molecular formula is C19H21NO4. The van der Waals surface area contributed by atoms with E-state index in [2.05, 4.69) is 0 Å². The summed E-state index contributed by atoms with van der Waals surface area (Å²) in [5.74, 6) is 2.78. The summed E-state index contributed by atoms with van der Waals surface area (Å²) >= 11 is 0. The number of nitro groups is 1. The molecule has 0 N–H and O–H groups in total. The molecule has 4 bridgehead atoms. The van der Waals surface area contributed by atoms with E-state index >= 15 is 0 Å². The SMILES string of the molecule is O=C(O[C@@H]1CC2CC3C4CCC(C4)C31C2)c1ccc([N+](=O)[O-])cc1. The van der Waals surface area contributed by atoms with Crippen LogP contribution in [0.15, 0.2) is 24.3 Å². The zero-order valence-electron chi connectivity index (χ0n) is 13.5. The number of rotatable bonds is 3. The summed E-state index contributed by atoms with van der Waals surface area (Å²) in [5, 5.41) is 10.7. The molecule has 4 aliphatic carbocycles. The van der Waals surface area contributed by atoms with Crippen molar-refractivity contribution in [2.75, 3.05) is 0 Å². The molecule has 0 saturated heterocycles. The van der Waals surface area contributed by atoms with Gasteiger partial charge in [-0.2, -0.15) is 0 Å². The molecular weight excluding hydrogens is 306 g/mol. The molecule has 4 fully saturated rings. The number of hydrogen-bond donors (Lipinski definition) is 0. The predicted molar refractivity (Wildman–Crippen MR) is 86.4 cm³/mol. The van der Waals surface area contributed by atoms with Crippen LogP contribution in [0.5, 0.6) is 0 Å². The minimum Gasteiger partial charge on any atom is -0.458 e. The maximum Gasteiger partial charge on any atom is 0.338 e. The van der Waals surface area contributed by atoms with Gasteiger partial charge in [0, 0.05) is 17.5 Å². The van der Waals surface area contributed by atoms with Crippen LogP contribution < -0.4 is 0 Å². The van der Waals surface area contributed by atoms with Gasteiger partial charge in [-0.15, -0.1) is 0 Å². The van der Waals surface area contributed by atoms with E-state index in [4.69, 9.17) is 4.74 Å². The summed E-state index contributed by atoms with van der Waals surface area (Å²) in [6.45, 7) is 0. The van der Waals surface area contributed by atoms with Crippen molar-refractivity contribution in [3.8, 4) is 0 Å². The van der Waals surface area contributed by atoms with Crippen molar-refractivity contribution < 1.29 is 14.5 Å². The van der Waals surface area contributed by atoms with Gasteiger partial charge in [0.2, 0.25) is 0 Å². The number of nitro benzene ring substituents is 1. The van der Waals surface area contributed by atoms with E-state index in [9.17, 15) is 14.9 Å². The van der Waals surface area contributed by atoms with Gasteiger partial charge in [0.25, 0.3) is 5.69 Å². The Labute approximate surface area is 140 Å². The summed E-state index contributed by atoms with van der Waals surface area (Å²) in [6.07, 6.45) is 7.66. The molecule has 24 heavy (non-hydrogen) atoms. The Morgan fingerprint density at radius 3 is 2.71 bits per heavy atom. The van der Waals surface area contributed by atoms with E-state index in [0.29, 0.717) is 5.56 Å². The number of fused-ring (bicyclic) bond motifs is 4. The van der Waals surface area contributed by atoms with Crippen LogP contribution in [0.2, 0.25) is 0 Å². The minimum absolute atomic E-state index is 0.00164. The lowest BCUT2D eigenvalue weighted by molar-refractivity contribution is -0.384. The van der Waals surface area contributed by atoms with E-state index in [1.807, 2.05) is 0 Å². The highest BCUT2D eigenvalue weighted by molar-refractivity contribution is 5.89. The first-order valence-corrected chi connectivity index (χ1v) is 9.03. The second kappa shape index (κ2) is 4.80. The fourth-order valence-corrected chi connectivity index (χ4v) is 6.69. The molecule has 5 nitrogen and oxygen atoms in total. The third kappa shape index (κ3) is 1.78. The van der Waals surface area contributed by atoms with Crippen LogP contribution in [0.25, 0.3) is 0 Å². The first kappa shape index (κ1) is 14.4. The fraction of sp³-hybridized carbons (Fsp3) is 0.632. The van der Waals surface area contributed by atoms with E-state index in [1.165, 1.54) is 56.4 Å². The van der Waals surface area contributed by atoms with Gasteiger partial charge in [0.05, 0.1) is 10.5 Å². The second-order valence-corrected chi connectivity index (χ2v) is 8.23. The standard InChI is InChI=1S/C19H21NO4/c21-18(12-2-5-15(6-3-12)20(22)23)24-17-8-11-7-16-13-1-4-14(9-13)19(16,17)10-11/h2-3,5-6,11,13-14,16-17H,1,4,7-10H2/t11?,13?,14?,16?,17-,19?/m1/s1. The molecule has 5 heteroatoms. The van der Waals surface area contributed by atoms with Gasteiger partial charge in [0.1, 0.15) is 6.10 Å². The van der Waals surface area contributed by atoms with Crippen molar-refractivity contribution in [1.82, 2.24) is 0 Å². The zero-order valence-corrected chi connectivity index (χ0v) is 13.5. The van der Waals surface area contributed by atoms with Gasteiger partial charge >= 0.3 is 5.97 Å². The molecule has 0 aromatic heterocycles. The van der Waals surface area contributed by atoms with E-state index in [0.717, 1.165) is 30.1 Å². The highest BCUT2D eigenvalue weighted by Gasteiger charge is 2.69. The first-order valence-electron chi connectivity index (χ1n) is 9.03. The Hall–Kier alpha value is -1.91. The van der Waals surface area contributed by atoms with Gasteiger partial charge < -0.3 is 4.74 Å². The third-order valence-electron chi connectivity index (χ3n) is 7.43. The number of non-ortho nitro benzene ring substituents is 1. The normalized spacial score (nSPS) is 41.4. The van der Waals surface area contributed by atoms with Crippen molar-refractivity contribution in [2.24, 2.45) is 29.1 Å². The average Bonchev–Trinajstić information content (AvgIpc) is 3.31. The van der Waals surface area contributed by atoms with Gasteiger partial charge in [0.15, 0.2) is 0 Å². The van der Waals surface area contributed by atoms with Crippen LogP contribution in [-0.4, -0.2) is 17.0 Å². The Morgan fingerprint density at radius 1 is 1.17 bits per heavy atom. The summed E-state index contributed by atoms with van der Waals surface area (Å²) < 4.78 is 5.98. The second-order valence-electron chi connectivity index (χ2n) is 8.23. The number of carbonyl (C=O) groups is 1. The monoisotopic (exact) mass is 327 g/mol. The van der Waals surface area contributed by atoms with Crippen molar-refractivity contribution in [3.05, 3.63) is 39.9 Å². The number of hydrogen-bond acceptors (Lipinski definition) is 4. The van der Waals surface area contributed by atoms with E-state index in [1.54, 1.807) is 0 Å². The van der Waals surface area contributed by atoms with Gasteiger partial charge in [-0.3, -0.25) is 10.1 Å². The van der Waals surface area contributed by atoms with Crippen LogP contribution >= 0.6 is 0 Å². The minimum atomic E-state index is -0.454. The average molecular weight is 327 g/mol. The van der Waals surface area contributed by atoms with Crippen molar-refractivity contribution in [1.29, 1.82) is 0 Å². The third-order valence-corrected chi connectivity index (χ3v) is 7.43. The number of ether oxygens (including phenoxy) is 1. The van der Waals surface area contributed by atoms with Crippen LogP contribution in [-0.2, 0) is 4.74 Å². The summed E-state index contributed by atoms with van der Waals surface area (Å²) in [6, 6.07) is 5.75. The number of nitrogens with zero attached hydrogens (tertiary/aromatic N) is 1. The lowest BCUT2D eigenvalue weighted by atomic mass is 9.64. The Bertz CT molecular complexity index is 715.